The second-order valence-electron chi connectivity index (χ2n) is 11.3. The fraction of sp³-hybridized carbons (Fsp3) is 0.0250. The van der Waals surface area contributed by atoms with E-state index >= 15 is 0 Å². The standard InChI is InChI=1S/C40H24ClN3S/c41-39-43-37(42-38(44-39)31-20-12-19-29-28-17-7-11-24-35(28)45-36(29)31)30-18-6-10-23-34(30)40(25-13-2-1-3-14-25)32-21-8-4-15-26(32)27-16-5-9-22-33(27)40/h1-24H. The number of fused-ring (bicyclic) bond motifs is 6. The zero-order valence-electron chi connectivity index (χ0n) is 24.0. The zero-order valence-corrected chi connectivity index (χ0v) is 25.6. The topological polar surface area (TPSA) is 38.7 Å². The van der Waals surface area contributed by atoms with Gasteiger partial charge in [0.2, 0.25) is 5.28 Å². The highest BCUT2D eigenvalue weighted by atomic mass is 35.5. The van der Waals surface area contributed by atoms with Gasteiger partial charge in [0.15, 0.2) is 11.6 Å². The van der Waals surface area contributed by atoms with E-state index in [1.165, 1.54) is 43.3 Å². The number of rotatable bonds is 4. The van der Waals surface area contributed by atoms with Gasteiger partial charge in [0.05, 0.1) is 5.41 Å². The van der Waals surface area contributed by atoms with Crippen LogP contribution in [0.5, 0.6) is 0 Å². The van der Waals surface area contributed by atoms with Crippen molar-refractivity contribution in [2.75, 3.05) is 0 Å². The third kappa shape index (κ3) is 3.86. The molecule has 1 aliphatic carbocycles. The number of hydrogen-bond acceptors (Lipinski definition) is 4. The van der Waals surface area contributed by atoms with E-state index in [2.05, 4.69) is 145 Å². The fourth-order valence-corrected chi connectivity index (χ4v) is 8.57. The van der Waals surface area contributed by atoms with Crippen LogP contribution in [0.4, 0.5) is 0 Å². The van der Waals surface area contributed by atoms with Crippen LogP contribution in [0.3, 0.4) is 0 Å². The average molecular weight is 614 g/mol. The van der Waals surface area contributed by atoms with Crippen LogP contribution in [0, 0.1) is 0 Å². The van der Waals surface area contributed by atoms with Crippen molar-refractivity contribution in [2.24, 2.45) is 0 Å². The SMILES string of the molecule is Clc1nc(-c2ccccc2C2(c3ccccc3)c3ccccc3-c3ccccc32)nc(-c2cccc3c2sc2ccccc23)n1. The first kappa shape index (κ1) is 26.3. The Morgan fingerprint density at radius 3 is 1.67 bits per heavy atom. The Morgan fingerprint density at radius 2 is 0.956 bits per heavy atom. The van der Waals surface area contributed by atoms with E-state index in [1.54, 1.807) is 11.3 Å². The molecule has 5 heteroatoms. The first-order valence-electron chi connectivity index (χ1n) is 14.9. The lowest BCUT2D eigenvalue weighted by atomic mass is 9.66. The highest BCUT2D eigenvalue weighted by molar-refractivity contribution is 7.26. The second kappa shape index (κ2) is 10.2. The summed E-state index contributed by atoms with van der Waals surface area (Å²) < 4.78 is 2.37. The lowest BCUT2D eigenvalue weighted by Gasteiger charge is -2.35. The monoisotopic (exact) mass is 613 g/mol. The number of aromatic nitrogens is 3. The van der Waals surface area contributed by atoms with Crippen molar-refractivity contribution in [3.8, 4) is 33.9 Å². The van der Waals surface area contributed by atoms with Gasteiger partial charge in [0, 0.05) is 31.3 Å². The van der Waals surface area contributed by atoms with Crippen molar-refractivity contribution in [1.29, 1.82) is 0 Å². The molecule has 0 atom stereocenters. The van der Waals surface area contributed by atoms with Crippen LogP contribution in [0.1, 0.15) is 22.3 Å². The van der Waals surface area contributed by atoms with Crippen molar-refractivity contribution in [2.45, 2.75) is 5.41 Å². The normalized spacial score (nSPS) is 13.2. The molecule has 2 aromatic heterocycles. The molecule has 6 aromatic carbocycles. The Morgan fingerprint density at radius 1 is 0.444 bits per heavy atom. The number of benzene rings is 6. The van der Waals surface area contributed by atoms with E-state index in [1.807, 2.05) is 6.07 Å². The van der Waals surface area contributed by atoms with Gasteiger partial charge in [-0.25, -0.2) is 4.98 Å². The summed E-state index contributed by atoms with van der Waals surface area (Å²) in [5.74, 6) is 1.12. The van der Waals surface area contributed by atoms with Gasteiger partial charge in [-0.15, -0.1) is 11.3 Å². The van der Waals surface area contributed by atoms with Crippen LogP contribution in [0.25, 0.3) is 54.1 Å². The lowest BCUT2D eigenvalue weighted by molar-refractivity contribution is 0.769. The smallest absolute Gasteiger partial charge is 0.208 e. The van der Waals surface area contributed by atoms with Gasteiger partial charge in [-0.2, -0.15) is 9.97 Å². The molecule has 1 aliphatic rings. The third-order valence-corrected chi connectivity index (χ3v) is 10.4. The summed E-state index contributed by atoms with van der Waals surface area (Å²) in [7, 11) is 0. The highest BCUT2D eigenvalue weighted by Gasteiger charge is 2.47. The van der Waals surface area contributed by atoms with Crippen molar-refractivity contribution < 1.29 is 0 Å². The van der Waals surface area contributed by atoms with Crippen LogP contribution in [-0.2, 0) is 5.41 Å². The average Bonchev–Trinajstić information content (AvgIpc) is 3.63. The molecule has 0 fully saturated rings. The third-order valence-electron chi connectivity index (χ3n) is 8.98. The van der Waals surface area contributed by atoms with Crippen molar-refractivity contribution >= 4 is 43.1 Å². The molecular weight excluding hydrogens is 590 g/mol. The summed E-state index contributed by atoms with van der Waals surface area (Å²) in [6, 6.07) is 51.5. The highest BCUT2D eigenvalue weighted by Crippen LogP contribution is 2.57. The fourth-order valence-electron chi connectivity index (χ4n) is 7.20. The molecule has 0 N–H and O–H groups in total. The summed E-state index contributed by atoms with van der Waals surface area (Å²) >= 11 is 8.50. The van der Waals surface area contributed by atoms with Crippen molar-refractivity contribution in [3.05, 3.63) is 173 Å². The summed E-state index contributed by atoms with van der Waals surface area (Å²) in [6.07, 6.45) is 0. The van der Waals surface area contributed by atoms with Gasteiger partial charge in [0.25, 0.3) is 0 Å². The van der Waals surface area contributed by atoms with Crippen molar-refractivity contribution in [3.63, 3.8) is 0 Å². The summed E-state index contributed by atoms with van der Waals surface area (Å²) in [5, 5.41) is 2.59. The van der Waals surface area contributed by atoms with Crippen LogP contribution in [0.2, 0.25) is 5.28 Å². The Labute approximate surface area is 269 Å². The molecule has 0 saturated heterocycles. The largest absolute Gasteiger partial charge is 0.226 e. The molecule has 0 unspecified atom stereocenters. The quantitative estimate of drug-likeness (QED) is 0.198. The van der Waals surface area contributed by atoms with Gasteiger partial charge >= 0.3 is 0 Å². The van der Waals surface area contributed by atoms with Gasteiger partial charge < -0.3 is 0 Å². The number of halogens is 1. The van der Waals surface area contributed by atoms with Gasteiger partial charge in [-0.1, -0.05) is 133 Å². The number of nitrogens with zero attached hydrogens (tertiary/aromatic N) is 3. The maximum atomic E-state index is 6.75. The van der Waals surface area contributed by atoms with E-state index < -0.39 is 5.41 Å². The minimum atomic E-state index is -0.588. The Hall–Kier alpha value is -5.16. The summed E-state index contributed by atoms with van der Waals surface area (Å²) in [6.45, 7) is 0. The van der Waals surface area contributed by atoms with Gasteiger partial charge in [0.1, 0.15) is 0 Å². The van der Waals surface area contributed by atoms with E-state index in [-0.39, 0.29) is 5.28 Å². The van der Waals surface area contributed by atoms with E-state index in [4.69, 9.17) is 21.6 Å². The van der Waals surface area contributed by atoms with Crippen LogP contribution < -0.4 is 0 Å². The molecule has 0 aliphatic heterocycles. The van der Waals surface area contributed by atoms with Gasteiger partial charge in [-0.05, 0) is 57.1 Å². The molecule has 9 rings (SSSR count). The number of hydrogen-bond donors (Lipinski definition) is 0. The molecule has 3 nitrogen and oxygen atoms in total. The first-order valence-corrected chi connectivity index (χ1v) is 16.1. The van der Waals surface area contributed by atoms with Crippen LogP contribution >= 0.6 is 22.9 Å². The molecule has 0 spiro atoms. The molecule has 212 valence electrons. The molecule has 0 bridgehead atoms. The molecule has 0 saturated carbocycles. The van der Waals surface area contributed by atoms with E-state index in [9.17, 15) is 0 Å². The Bertz CT molecular complexity index is 2370. The van der Waals surface area contributed by atoms with Crippen molar-refractivity contribution in [1.82, 2.24) is 15.0 Å². The molecule has 0 amide bonds. The minimum absolute atomic E-state index is 0.170. The molecular formula is C40H24ClN3S. The summed E-state index contributed by atoms with van der Waals surface area (Å²) in [4.78, 5) is 14.6. The summed E-state index contributed by atoms with van der Waals surface area (Å²) in [5.41, 5.74) is 8.51. The number of thiophene rings is 1. The molecule has 45 heavy (non-hydrogen) atoms. The minimum Gasteiger partial charge on any atom is -0.208 e. The maximum Gasteiger partial charge on any atom is 0.226 e. The first-order chi connectivity index (χ1) is 22.2. The predicted octanol–water partition coefficient (Wildman–Crippen LogP) is 10.6. The van der Waals surface area contributed by atoms with E-state index in [0.717, 1.165) is 21.4 Å². The Kier molecular flexibility index (Phi) is 5.95. The van der Waals surface area contributed by atoms with Crippen LogP contribution in [0.15, 0.2) is 146 Å². The molecule has 0 radical (unpaired) electrons. The Balaban J connectivity index is 1.33. The molecule has 2 heterocycles. The zero-order chi connectivity index (χ0) is 30.0. The van der Waals surface area contributed by atoms with Gasteiger partial charge in [-0.3, -0.25) is 0 Å². The predicted molar refractivity (Wildman–Crippen MR) is 186 cm³/mol. The maximum absolute atomic E-state index is 6.75. The second-order valence-corrected chi connectivity index (χ2v) is 12.7. The van der Waals surface area contributed by atoms with E-state index in [0.29, 0.717) is 11.6 Å². The lowest BCUT2D eigenvalue weighted by Crippen LogP contribution is -2.29. The van der Waals surface area contributed by atoms with Crippen LogP contribution in [-0.4, -0.2) is 15.0 Å². The molecule has 8 aromatic rings.